The molecule has 24 heavy (non-hydrogen) atoms. The molecule has 0 fully saturated rings. The second-order valence-electron chi connectivity index (χ2n) is 5.66. The van der Waals surface area contributed by atoms with E-state index in [1.54, 1.807) is 12.1 Å². The standard InChI is InChI=1S/C19H20BrNO3/c1-12-5-8-18(24-3)14(10-12)17(22)7-9-19(23)21-16-6-4-13(2)11-15(16)20/h4-6,8,10-11H,7,9H2,1-3H3,(H,21,23). The maximum atomic E-state index is 12.4. The molecule has 1 amide bonds. The highest BCUT2D eigenvalue weighted by molar-refractivity contribution is 9.10. The normalized spacial score (nSPS) is 10.3. The molecule has 0 aromatic heterocycles. The van der Waals surface area contributed by atoms with Gasteiger partial charge in [-0.2, -0.15) is 0 Å². The van der Waals surface area contributed by atoms with Crippen LogP contribution in [0.4, 0.5) is 5.69 Å². The first-order chi connectivity index (χ1) is 11.4. The molecule has 0 bridgehead atoms. The molecule has 126 valence electrons. The van der Waals surface area contributed by atoms with Gasteiger partial charge in [-0.1, -0.05) is 17.7 Å². The Balaban J connectivity index is 1.99. The molecule has 0 radical (unpaired) electrons. The third kappa shape index (κ3) is 4.68. The van der Waals surface area contributed by atoms with Crippen LogP contribution in [-0.2, 0) is 4.79 Å². The van der Waals surface area contributed by atoms with Crippen LogP contribution in [0.2, 0.25) is 0 Å². The fraction of sp³-hybridized carbons (Fsp3) is 0.263. The average molecular weight is 390 g/mol. The number of amides is 1. The number of halogens is 1. The van der Waals surface area contributed by atoms with Crippen molar-refractivity contribution in [3.63, 3.8) is 0 Å². The molecule has 2 aromatic rings. The van der Waals surface area contributed by atoms with Crippen LogP contribution in [0.5, 0.6) is 5.75 Å². The molecule has 0 unspecified atom stereocenters. The number of hydrogen-bond acceptors (Lipinski definition) is 3. The summed E-state index contributed by atoms with van der Waals surface area (Å²) < 4.78 is 6.05. The molecule has 0 atom stereocenters. The molecule has 0 saturated heterocycles. The fourth-order valence-electron chi connectivity index (χ4n) is 2.34. The number of ether oxygens (including phenoxy) is 1. The first-order valence-electron chi connectivity index (χ1n) is 7.64. The van der Waals surface area contributed by atoms with Gasteiger partial charge in [-0.3, -0.25) is 9.59 Å². The Morgan fingerprint density at radius 1 is 1.04 bits per heavy atom. The molecule has 5 heteroatoms. The van der Waals surface area contributed by atoms with Crippen LogP contribution in [0.3, 0.4) is 0 Å². The van der Waals surface area contributed by atoms with E-state index in [4.69, 9.17) is 4.74 Å². The quantitative estimate of drug-likeness (QED) is 0.729. The number of ketones is 1. The van der Waals surface area contributed by atoms with Crippen LogP contribution in [0.1, 0.15) is 34.3 Å². The summed E-state index contributed by atoms with van der Waals surface area (Å²) in [4.78, 5) is 24.5. The minimum Gasteiger partial charge on any atom is -0.496 e. The molecule has 4 nitrogen and oxygen atoms in total. The molecule has 2 aromatic carbocycles. The van der Waals surface area contributed by atoms with E-state index in [9.17, 15) is 9.59 Å². The molecular formula is C19H20BrNO3. The molecule has 0 aliphatic heterocycles. The lowest BCUT2D eigenvalue weighted by Gasteiger charge is -2.10. The second-order valence-corrected chi connectivity index (χ2v) is 6.51. The van der Waals surface area contributed by atoms with Crippen molar-refractivity contribution < 1.29 is 14.3 Å². The van der Waals surface area contributed by atoms with Gasteiger partial charge >= 0.3 is 0 Å². The maximum absolute atomic E-state index is 12.4. The number of carbonyl (C=O) groups excluding carboxylic acids is 2. The Labute approximate surface area is 150 Å². The van der Waals surface area contributed by atoms with E-state index < -0.39 is 0 Å². The molecule has 0 heterocycles. The molecule has 1 N–H and O–H groups in total. The van der Waals surface area contributed by atoms with Gasteiger partial charge in [0.25, 0.3) is 0 Å². The molecule has 0 spiro atoms. The van der Waals surface area contributed by atoms with Crippen LogP contribution in [0.15, 0.2) is 40.9 Å². The van der Waals surface area contributed by atoms with Gasteiger partial charge < -0.3 is 10.1 Å². The number of Topliss-reactive ketones (excluding diaryl/α,β-unsaturated/α-hetero) is 1. The maximum Gasteiger partial charge on any atom is 0.224 e. The minimum atomic E-state index is -0.195. The Morgan fingerprint density at radius 2 is 1.71 bits per heavy atom. The highest BCUT2D eigenvalue weighted by Crippen LogP contribution is 2.24. The lowest BCUT2D eigenvalue weighted by Crippen LogP contribution is -2.14. The molecular weight excluding hydrogens is 370 g/mol. The summed E-state index contributed by atoms with van der Waals surface area (Å²) in [6.45, 7) is 3.89. The van der Waals surface area contributed by atoms with Crippen molar-refractivity contribution in [3.8, 4) is 5.75 Å². The van der Waals surface area contributed by atoms with Crippen molar-refractivity contribution in [2.75, 3.05) is 12.4 Å². The zero-order chi connectivity index (χ0) is 17.7. The number of nitrogens with one attached hydrogen (secondary N) is 1. The van der Waals surface area contributed by atoms with Crippen molar-refractivity contribution in [2.24, 2.45) is 0 Å². The molecule has 0 aliphatic rings. The van der Waals surface area contributed by atoms with Gasteiger partial charge in [0.05, 0.1) is 18.4 Å². The lowest BCUT2D eigenvalue weighted by atomic mass is 10.0. The fourth-order valence-corrected chi connectivity index (χ4v) is 2.93. The van der Waals surface area contributed by atoms with Gasteiger partial charge in [0.2, 0.25) is 5.91 Å². The number of benzene rings is 2. The van der Waals surface area contributed by atoms with E-state index in [2.05, 4.69) is 21.2 Å². The van der Waals surface area contributed by atoms with Crippen molar-refractivity contribution >= 4 is 33.3 Å². The predicted molar refractivity (Wildman–Crippen MR) is 98.8 cm³/mol. The Hall–Kier alpha value is -2.14. The van der Waals surface area contributed by atoms with E-state index in [1.807, 2.05) is 38.1 Å². The summed E-state index contributed by atoms with van der Waals surface area (Å²) in [6, 6.07) is 11.1. The van der Waals surface area contributed by atoms with Gasteiger partial charge in [0.1, 0.15) is 5.75 Å². The highest BCUT2D eigenvalue weighted by atomic mass is 79.9. The summed E-state index contributed by atoms with van der Waals surface area (Å²) in [7, 11) is 1.53. The number of aryl methyl sites for hydroxylation is 2. The molecule has 0 aliphatic carbocycles. The Morgan fingerprint density at radius 3 is 2.38 bits per heavy atom. The monoisotopic (exact) mass is 389 g/mol. The topological polar surface area (TPSA) is 55.4 Å². The number of hydrogen-bond donors (Lipinski definition) is 1. The van der Waals surface area contributed by atoms with E-state index >= 15 is 0 Å². The predicted octanol–water partition coefficient (Wildman–Crippen LogP) is 4.68. The summed E-state index contributed by atoms with van der Waals surface area (Å²) in [5, 5.41) is 2.81. The number of methoxy groups -OCH3 is 1. The van der Waals surface area contributed by atoms with Gasteiger partial charge in [-0.15, -0.1) is 0 Å². The second kappa shape index (κ2) is 8.11. The number of anilines is 1. The third-order valence-corrected chi connectivity index (χ3v) is 4.29. The molecule has 0 saturated carbocycles. The highest BCUT2D eigenvalue weighted by Gasteiger charge is 2.15. The molecule has 2 rings (SSSR count). The smallest absolute Gasteiger partial charge is 0.224 e. The number of carbonyl (C=O) groups is 2. The van der Waals surface area contributed by atoms with Crippen molar-refractivity contribution in [1.82, 2.24) is 0 Å². The van der Waals surface area contributed by atoms with Crippen LogP contribution in [-0.4, -0.2) is 18.8 Å². The van der Waals surface area contributed by atoms with Crippen LogP contribution in [0.25, 0.3) is 0 Å². The summed E-state index contributed by atoms with van der Waals surface area (Å²) in [5.41, 5.74) is 3.29. The van der Waals surface area contributed by atoms with Crippen molar-refractivity contribution in [2.45, 2.75) is 26.7 Å². The van der Waals surface area contributed by atoms with E-state index in [-0.39, 0.29) is 24.5 Å². The summed E-state index contributed by atoms with van der Waals surface area (Å²) >= 11 is 3.42. The van der Waals surface area contributed by atoms with Crippen LogP contribution < -0.4 is 10.1 Å². The first kappa shape index (κ1) is 18.2. The Kier molecular flexibility index (Phi) is 6.15. The van der Waals surface area contributed by atoms with E-state index in [0.29, 0.717) is 17.0 Å². The minimum absolute atomic E-state index is 0.103. The third-order valence-electron chi connectivity index (χ3n) is 3.63. The SMILES string of the molecule is COc1ccc(C)cc1C(=O)CCC(=O)Nc1ccc(C)cc1Br. The first-order valence-corrected chi connectivity index (χ1v) is 8.44. The summed E-state index contributed by atoms with van der Waals surface area (Å²) in [6.07, 6.45) is 0.255. The van der Waals surface area contributed by atoms with Gasteiger partial charge in [0.15, 0.2) is 5.78 Å². The van der Waals surface area contributed by atoms with Gasteiger partial charge in [-0.05, 0) is 59.6 Å². The average Bonchev–Trinajstić information content (AvgIpc) is 2.55. The van der Waals surface area contributed by atoms with E-state index in [1.165, 1.54) is 7.11 Å². The summed E-state index contributed by atoms with van der Waals surface area (Å²) in [5.74, 6) is 0.237. The van der Waals surface area contributed by atoms with Crippen LogP contribution >= 0.6 is 15.9 Å². The van der Waals surface area contributed by atoms with Gasteiger partial charge in [-0.25, -0.2) is 0 Å². The Bertz CT molecular complexity index is 771. The van der Waals surface area contributed by atoms with Crippen molar-refractivity contribution in [3.05, 3.63) is 57.6 Å². The number of rotatable bonds is 6. The van der Waals surface area contributed by atoms with Gasteiger partial charge in [0, 0.05) is 17.3 Å². The van der Waals surface area contributed by atoms with Crippen molar-refractivity contribution in [1.29, 1.82) is 0 Å². The lowest BCUT2D eigenvalue weighted by molar-refractivity contribution is -0.116. The zero-order valence-corrected chi connectivity index (χ0v) is 15.6. The zero-order valence-electron chi connectivity index (χ0n) is 14.0. The van der Waals surface area contributed by atoms with E-state index in [0.717, 1.165) is 15.6 Å². The largest absolute Gasteiger partial charge is 0.496 e. The van der Waals surface area contributed by atoms with Crippen LogP contribution in [0, 0.1) is 13.8 Å².